The lowest BCUT2D eigenvalue weighted by atomic mass is 9.97. The van der Waals surface area contributed by atoms with Gasteiger partial charge < -0.3 is 20.5 Å². The number of hydrogen-bond donors (Lipinski definition) is 4. The number of fused-ring (bicyclic) bond motifs is 2. The van der Waals surface area contributed by atoms with Gasteiger partial charge in [-0.1, -0.05) is 6.42 Å². The molecule has 148 valence electrons. The summed E-state index contributed by atoms with van der Waals surface area (Å²) in [7, 11) is -2.67. The third-order valence-electron chi connectivity index (χ3n) is 5.20. The molecule has 11 nitrogen and oxygen atoms in total. The van der Waals surface area contributed by atoms with Crippen LogP contribution >= 0.6 is 0 Å². The Morgan fingerprint density at radius 3 is 2.74 bits per heavy atom. The molecule has 2 fully saturated rings. The molecule has 2 aromatic heterocycles. The van der Waals surface area contributed by atoms with E-state index in [1.54, 1.807) is 11.2 Å². The van der Waals surface area contributed by atoms with Crippen LogP contribution in [0.2, 0.25) is 0 Å². The highest BCUT2D eigenvalue weighted by atomic mass is 32.3. The third-order valence-corrected chi connectivity index (χ3v) is 5.20. The van der Waals surface area contributed by atoms with Crippen molar-refractivity contribution < 1.29 is 22.3 Å². The molecule has 5 N–H and O–H groups in total. The molecule has 0 aromatic carbocycles. The minimum Gasteiger partial charge on any atom is -0.351 e. The van der Waals surface area contributed by atoms with Crippen LogP contribution in [0, 0.1) is 11.8 Å². The molecule has 1 saturated heterocycles. The van der Waals surface area contributed by atoms with Gasteiger partial charge >= 0.3 is 16.4 Å². The van der Waals surface area contributed by atoms with E-state index in [1.165, 1.54) is 12.8 Å². The van der Waals surface area contributed by atoms with Gasteiger partial charge in [-0.15, -0.1) is 0 Å². The number of aromatic nitrogens is 3. The van der Waals surface area contributed by atoms with Crippen LogP contribution in [-0.4, -0.2) is 63.2 Å². The Labute approximate surface area is 156 Å². The van der Waals surface area contributed by atoms with E-state index in [0.29, 0.717) is 11.8 Å². The highest BCUT2D eigenvalue weighted by Gasteiger charge is 2.47. The van der Waals surface area contributed by atoms with Gasteiger partial charge in [-0.25, -0.2) is 14.8 Å². The van der Waals surface area contributed by atoms with Crippen LogP contribution in [0.5, 0.6) is 0 Å². The second-order valence-corrected chi connectivity index (χ2v) is 7.65. The summed E-state index contributed by atoms with van der Waals surface area (Å²) in [6, 6.07) is 1.63. The van der Waals surface area contributed by atoms with E-state index in [2.05, 4.69) is 19.9 Å². The maximum atomic E-state index is 11.9. The molecule has 3 unspecified atom stereocenters. The van der Waals surface area contributed by atoms with Gasteiger partial charge in [0.05, 0.1) is 5.39 Å². The Balaban J connectivity index is 0.000000376. The largest absolute Gasteiger partial charge is 0.394 e. The summed E-state index contributed by atoms with van der Waals surface area (Å²) >= 11 is 0. The summed E-state index contributed by atoms with van der Waals surface area (Å²) in [6.45, 7) is 0.760. The monoisotopic (exact) mass is 398 g/mol. The van der Waals surface area contributed by atoms with Crippen molar-refractivity contribution in [3.05, 3.63) is 18.6 Å². The number of primary amides is 1. The average Bonchev–Trinajstić information content (AvgIpc) is 3.26. The Kier molecular flexibility index (Phi) is 5.22. The van der Waals surface area contributed by atoms with E-state index in [1.807, 2.05) is 19.3 Å². The quantitative estimate of drug-likeness (QED) is 0.541. The molecule has 3 heterocycles. The van der Waals surface area contributed by atoms with Gasteiger partial charge in [0.2, 0.25) is 0 Å². The fraction of sp³-hybridized carbons (Fsp3) is 0.533. The van der Waals surface area contributed by atoms with Gasteiger partial charge in [0.25, 0.3) is 0 Å². The summed E-state index contributed by atoms with van der Waals surface area (Å²) in [5.41, 5.74) is 6.43. The lowest BCUT2D eigenvalue weighted by Crippen LogP contribution is -2.50. The van der Waals surface area contributed by atoms with Gasteiger partial charge in [-0.05, 0) is 24.8 Å². The van der Waals surface area contributed by atoms with Crippen LogP contribution in [0.3, 0.4) is 0 Å². The Hall–Kier alpha value is -2.44. The smallest absolute Gasteiger partial charge is 0.351 e. The summed E-state index contributed by atoms with van der Waals surface area (Å²) < 4.78 is 31.6. The maximum Gasteiger partial charge on any atom is 0.394 e. The number of likely N-dealkylation sites (tertiary alicyclic amines) is 1. The number of amides is 2. The average molecular weight is 398 g/mol. The lowest BCUT2D eigenvalue weighted by molar-refractivity contribution is 0.192. The standard InChI is InChI=1S/C15H20N6O.H2O4S/c1-20(13-11-5-6-17-12(11)18-8-19-13)14-10-4-2-3-9(10)7-21(14)15(16)22;1-5(2,3)4/h5-6,8-10,14H,2-4,7H2,1H3,(H2,16,22)(H,17,18,19);(H2,1,2,3,4). The van der Waals surface area contributed by atoms with Crippen LogP contribution in [0.1, 0.15) is 19.3 Å². The molecular weight excluding hydrogens is 376 g/mol. The molecule has 27 heavy (non-hydrogen) atoms. The zero-order valence-corrected chi connectivity index (χ0v) is 15.5. The molecule has 1 saturated carbocycles. The molecular formula is C15H22N6O5S. The molecule has 2 aromatic rings. The molecule has 0 radical (unpaired) electrons. The van der Waals surface area contributed by atoms with Crippen molar-refractivity contribution in [3.63, 3.8) is 0 Å². The highest BCUT2D eigenvalue weighted by Crippen LogP contribution is 2.44. The van der Waals surface area contributed by atoms with Gasteiger partial charge in [0.1, 0.15) is 24.0 Å². The van der Waals surface area contributed by atoms with E-state index >= 15 is 0 Å². The van der Waals surface area contributed by atoms with Crippen molar-refractivity contribution in [2.75, 3.05) is 18.5 Å². The number of nitrogens with two attached hydrogens (primary N) is 1. The Morgan fingerprint density at radius 1 is 1.37 bits per heavy atom. The van der Waals surface area contributed by atoms with Crippen LogP contribution in [0.15, 0.2) is 18.6 Å². The van der Waals surface area contributed by atoms with E-state index in [4.69, 9.17) is 23.3 Å². The van der Waals surface area contributed by atoms with Gasteiger partial charge in [-0.3, -0.25) is 9.11 Å². The molecule has 3 atom stereocenters. The van der Waals surface area contributed by atoms with Crippen LogP contribution in [0.4, 0.5) is 10.6 Å². The van der Waals surface area contributed by atoms with Crippen LogP contribution in [0.25, 0.3) is 11.0 Å². The first kappa shape index (κ1) is 19.3. The number of anilines is 1. The molecule has 2 aliphatic rings. The number of nitrogens with one attached hydrogen (secondary N) is 1. The summed E-state index contributed by atoms with van der Waals surface area (Å²) in [5.74, 6) is 1.88. The van der Waals surface area contributed by atoms with E-state index in [9.17, 15) is 4.79 Å². The van der Waals surface area contributed by atoms with Gasteiger partial charge in [0, 0.05) is 25.7 Å². The minimum atomic E-state index is -4.67. The zero-order valence-electron chi connectivity index (χ0n) is 14.7. The minimum absolute atomic E-state index is 0.0157. The molecule has 12 heteroatoms. The topological polar surface area (TPSA) is 166 Å². The Bertz CT molecular complexity index is 924. The second-order valence-electron chi connectivity index (χ2n) is 6.76. The zero-order chi connectivity index (χ0) is 19.8. The fourth-order valence-corrected chi connectivity index (χ4v) is 4.26. The van der Waals surface area contributed by atoms with E-state index in [-0.39, 0.29) is 12.2 Å². The number of hydrogen-bond acceptors (Lipinski definition) is 6. The number of H-pyrrole nitrogens is 1. The van der Waals surface area contributed by atoms with Crippen molar-refractivity contribution in [2.45, 2.75) is 25.4 Å². The van der Waals surface area contributed by atoms with Crippen molar-refractivity contribution in [3.8, 4) is 0 Å². The van der Waals surface area contributed by atoms with Gasteiger partial charge in [-0.2, -0.15) is 8.42 Å². The third kappa shape index (κ3) is 4.12. The summed E-state index contributed by atoms with van der Waals surface area (Å²) in [6.07, 6.45) is 6.95. The first-order valence-corrected chi connectivity index (χ1v) is 9.83. The molecule has 0 bridgehead atoms. The predicted molar refractivity (Wildman–Crippen MR) is 97.4 cm³/mol. The SMILES string of the molecule is CN(c1ncnc2[nH]ccc12)C1C2CCCC2CN1C(N)=O.O=S(=O)(O)O. The molecule has 4 rings (SSSR count). The van der Waals surface area contributed by atoms with Crippen molar-refractivity contribution in [2.24, 2.45) is 17.6 Å². The molecule has 1 aliphatic carbocycles. The number of aromatic amines is 1. The Morgan fingerprint density at radius 2 is 2.07 bits per heavy atom. The number of urea groups is 1. The number of carbonyl (C=O) groups excluding carboxylic acids is 1. The normalized spacial score (nSPS) is 24.4. The van der Waals surface area contributed by atoms with Crippen molar-refractivity contribution in [1.29, 1.82) is 0 Å². The van der Waals surface area contributed by atoms with Gasteiger partial charge in [0.15, 0.2) is 0 Å². The highest BCUT2D eigenvalue weighted by molar-refractivity contribution is 7.79. The number of nitrogens with zero attached hydrogens (tertiary/aromatic N) is 4. The number of rotatable bonds is 2. The summed E-state index contributed by atoms with van der Waals surface area (Å²) in [5, 5.41) is 0.968. The number of carbonyl (C=O) groups is 1. The first-order valence-electron chi connectivity index (χ1n) is 8.43. The fourth-order valence-electron chi connectivity index (χ4n) is 4.26. The van der Waals surface area contributed by atoms with E-state index < -0.39 is 10.4 Å². The van der Waals surface area contributed by atoms with Crippen LogP contribution in [-0.2, 0) is 10.4 Å². The maximum absolute atomic E-state index is 11.9. The van der Waals surface area contributed by atoms with E-state index in [0.717, 1.165) is 29.8 Å². The molecule has 2 amide bonds. The summed E-state index contributed by atoms with van der Waals surface area (Å²) in [4.78, 5) is 27.6. The lowest BCUT2D eigenvalue weighted by Gasteiger charge is -2.35. The molecule has 1 aliphatic heterocycles. The second kappa shape index (κ2) is 7.29. The first-order chi connectivity index (χ1) is 12.7. The predicted octanol–water partition coefficient (Wildman–Crippen LogP) is 0.878. The molecule has 0 spiro atoms. The van der Waals surface area contributed by atoms with Crippen molar-refractivity contribution >= 4 is 33.3 Å². The van der Waals surface area contributed by atoms with Crippen molar-refractivity contribution in [1.82, 2.24) is 19.9 Å². The van der Waals surface area contributed by atoms with Crippen LogP contribution < -0.4 is 10.6 Å².